The second-order valence-electron chi connectivity index (χ2n) is 6.22. The molecule has 3 aromatic carbocycles. The van der Waals surface area contributed by atoms with E-state index in [0.717, 1.165) is 18.2 Å². The summed E-state index contributed by atoms with van der Waals surface area (Å²) in [4.78, 5) is 45.2. The Kier molecular flexibility index (Phi) is 6.22. The monoisotopic (exact) mass is 440 g/mol. The summed E-state index contributed by atoms with van der Waals surface area (Å²) in [5, 5.41) is 27.4. The smallest absolute Gasteiger partial charge is 0.277 e. The van der Waals surface area contributed by atoms with Gasteiger partial charge >= 0.3 is 0 Å². The largest absolute Gasteiger partial charge is 0.322 e. The van der Waals surface area contributed by atoms with E-state index >= 15 is 0 Å². The van der Waals surface area contributed by atoms with E-state index in [1.165, 1.54) is 12.1 Å². The van der Waals surface area contributed by atoms with E-state index < -0.39 is 33.0 Å². The van der Waals surface area contributed by atoms with Crippen molar-refractivity contribution in [3.8, 4) is 0 Å². The van der Waals surface area contributed by atoms with Gasteiger partial charge in [-0.25, -0.2) is 0 Å². The number of amides is 2. The number of nitrogens with zero attached hydrogens (tertiary/aromatic N) is 2. The second-order valence-corrected chi connectivity index (χ2v) is 6.63. The molecule has 2 amide bonds. The Labute approximate surface area is 179 Å². The lowest BCUT2D eigenvalue weighted by molar-refractivity contribution is -0.394. The van der Waals surface area contributed by atoms with Crippen molar-refractivity contribution in [2.24, 2.45) is 0 Å². The van der Waals surface area contributed by atoms with E-state index in [0.29, 0.717) is 5.69 Å². The number of nitrogens with one attached hydrogen (secondary N) is 2. The number of rotatable bonds is 6. The predicted octanol–water partition coefficient (Wildman–Crippen LogP) is 4.66. The molecule has 0 spiro atoms. The summed E-state index contributed by atoms with van der Waals surface area (Å²) in [6.45, 7) is 0. The average Bonchev–Trinajstić information content (AvgIpc) is 2.73. The third-order valence-electron chi connectivity index (χ3n) is 4.08. The zero-order valence-electron chi connectivity index (χ0n) is 15.6. The Morgan fingerprint density at radius 1 is 0.742 bits per heavy atom. The Morgan fingerprint density at radius 2 is 1.29 bits per heavy atom. The Bertz CT molecular complexity index is 1180. The van der Waals surface area contributed by atoms with Crippen LogP contribution in [-0.2, 0) is 0 Å². The van der Waals surface area contributed by atoms with Crippen molar-refractivity contribution in [1.82, 2.24) is 0 Å². The molecule has 0 aliphatic rings. The first-order valence-corrected chi connectivity index (χ1v) is 9.03. The first-order chi connectivity index (χ1) is 14.7. The molecule has 0 saturated carbocycles. The first kappa shape index (κ1) is 21.4. The summed E-state index contributed by atoms with van der Waals surface area (Å²) in [7, 11) is 0. The molecule has 0 aliphatic heterocycles. The molecule has 0 aliphatic carbocycles. The summed E-state index contributed by atoms with van der Waals surface area (Å²) in [5.41, 5.74) is -0.544. The molecule has 3 rings (SSSR count). The summed E-state index contributed by atoms with van der Waals surface area (Å²) in [5.74, 6) is -1.25. The Morgan fingerprint density at radius 3 is 1.84 bits per heavy atom. The molecule has 31 heavy (non-hydrogen) atoms. The molecule has 0 radical (unpaired) electrons. The number of carbonyl (C=O) groups is 2. The lowest BCUT2D eigenvalue weighted by atomic mass is 10.1. The highest BCUT2D eigenvalue weighted by molar-refractivity contribution is 6.34. The van der Waals surface area contributed by atoms with Gasteiger partial charge in [-0.05, 0) is 30.3 Å². The fraction of sp³-hybridized carbons (Fsp3) is 0. The van der Waals surface area contributed by atoms with Gasteiger partial charge in [0, 0.05) is 23.5 Å². The highest BCUT2D eigenvalue weighted by atomic mass is 35.5. The van der Waals surface area contributed by atoms with Crippen LogP contribution in [0.5, 0.6) is 0 Å². The van der Waals surface area contributed by atoms with Crippen molar-refractivity contribution in [2.75, 3.05) is 10.6 Å². The van der Waals surface area contributed by atoms with E-state index in [4.69, 9.17) is 11.6 Å². The topological polar surface area (TPSA) is 144 Å². The second kappa shape index (κ2) is 9.01. The van der Waals surface area contributed by atoms with Gasteiger partial charge in [-0.2, -0.15) is 0 Å². The lowest BCUT2D eigenvalue weighted by Crippen LogP contribution is -2.14. The van der Waals surface area contributed by atoms with E-state index in [1.807, 2.05) is 0 Å². The van der Waals surface area contributed by atoms with Gasteiger partial charge in [0.25, 0.3) is 23.2 Å². The lowest BCUT2D eigenvalue weighted by Gasteiger charge is -2.10. The molecular weight excluding hydrogens is 428 g/mol. The molecule has 2 N–H and O–H groups in total. The molecule has 0 unspecified atom stereocenters. The van der Waals surface area contributed by atoms with Gasteiger partial charge in [0.2, 0.25) is 0 Å². The number of non-ortho nitro benzene ring substituents is 2. The molecule has 3 aromatic rings. The van der Waals surface area contributed by atoms with Gasteiger partial charge in [0.1, 0.15) is 0 Å². The predicted molar refractivity (Wildman–Crippen MR) is 114 cm³/mol. The van der Waals surface area contributed by atoms with Gasteiger partial charge in [-0.15, -0.1) is 0 Å². The number of hydrogen-bond donors (Lipinski definition) is 2. The minimum atomic E-state index is -0.825. The molecule has 10 nitrogen and oxygen atoms in total. The maximum Gasteiger partial charge on any atom is 0.277 e. The Hall–Kier alpha value is -4.31. The molecule has 0 saturated heterocycles. The van der Waals surface area contributed by atoms with Gasteiger partial charge in [-0.3, -0.25) is 29.8 Å². The summed E-state index contributed by atoms with van der Waals surface area (Å²) in [6, 6.07) is 15.2. The van der Waals surface area contributed by atoms with Crippen molar-refractivity contribution >= 4 is 46.2 Å². The van der Waals surface area contributed by atoms with Crippen LogP contribution in [0, 0.1) is 20.2 Å². The van der Waals surface area contributed by atoms with Crippen LogP contribution in [0.3, 0.4) is 0 Å². The number of nitro groups is 2. The standard InChI is InChI=1S/C20H13ClN4O6/c21-18-7-2-1-6-17(18)20(27)23-14-5-3-4-13(10-14)22-19(26)12-8-15(24(28)29)11-16(9-12)25(30)31/h1-11H,(H,22,26)(H,23,27). The molecule has 0 fully saturated rings. The van der Waals surface area contributed by atoms with Crippen LogP contribution in [0.15, 0.2) is 66.7 Å². The Balaban J connectivity index is 1.80. The number of carbonyl (C=O) groups excluding carboxylic acids is 2. The number of anilines is 2. The molecular formula is C20H13ClN4O6. The molecule has 0 atom stereocenters. The van der Waals surface area contributed by atoms with Gasteiger partial charge in [-0.1, -0.05) is 29.8 Å². The van der Waals surface area contributed by atoms with Gasteiger partial charge < -0.3 is 10.6 Å². The summed E-state index contributed by atoms with van der Waals surface area (Å²) in [6.07, 6.45) is 0. The third kappa shape index (κ3) is 5.19. The van der Waals surface area contributed by atoms with Crippen molar-refractivity contribution in [1.29, 1.82) is 0 Å². The fourth-order valence-electron chi connectivity index (χ4n) is 2.66. The van der Waals surface area contributed by atoms with Crippen LogP contribution < -0.4 is 10.6 Å². The zero-order chi connectivity index (χ0) is 22.5. The minimum Gasteiger partial charge on any atom is -0.322 e. The highest BCUT2D eigenvalue weighted by Crippen LogP contribution is 2.24. The van der Waals surface area contributed by atoms with Crippen LogP contribution in [0.25, 0.3) is 0 Å². The molecule has 0 bridgehead atoms. The van der Waals surface area contributed by atoms with Crippen LogP contribution in [0.4, 0.5) is 22.7 Å². The normalized spacial score (nSPS) is 10.2. The summed E-state index contributed by atoms with van der Waals surface area (Å²) < 4.78 is 0. The SMILES string of the molecule is O=C(Nc1cccc(NC(=O)c2ccccc2Cl)c1)c1cc([N+](=O)[O-])cc([N+](=O)[O-])c1. The first-order valence-electron chi connectivity index (χ1n) is 8.66. The number of hydrogen-bond acceptors (Lipinski definition) is 6. The number of benzene rings is 3. The number of nitro benzene ring substituents is 2. The van der Waals surface area contributed by atoms with E-state index in [2.05, 4.69) is 10.6 Å². The van der Waals surface area contributed by atoms with Crippen molar-refractivity contribution in [3.63, 3.8) is 0 Å². The zero-order valence-corrected chi connectivity index (χ0v) is 16.3. The van der Waals surface area contributed by atoms with Crippen LogP contribution in [-0.4, -0.2) is 21.7 Å². The maximum absolute atomic E-state index is 12.5. The molecule has 0 aromatic heterocycles. The quantitative estimate of drug-likeness (QED) is 0.421. The van der Waals surface area contributed by atoms with Gasteiger partial charge in [0.15, 0.2) is 0 Å². The van der Waals surface area contributed by atoms with Crippen molar-refractivity contribution in [3.05, 3.63) is 103 Å². The summed E-state index contributed by atoms with van der Waals surface area (Å²) >= 11 is 6.01. The highest BCUT2D eigenvalue weighted by Gasteiger charge is 2.20. The van der Waals surface area contributed by atoms with E-state index in [-0.39, 0.29) is 21.8 Å². The van der Waals surface area contributed by atoms with E-state index in [9.17, 15) is 29.8 Å². The average molecular weight is 441 g/mol. The van der Waals surface area contributed by atoms with Crippen molar-refractivity contribution in [2.45, 2.75) is 0 Å². The molecule has 0 heterocycles. The molecule has 11 heteroatoms. The number of halogens is 1. The van der Waals surface area contributed by atoms with Gasteiger partial charge in [0.05, 0.1) is 32.1 Å². The fourth-order valence-corrected chi connectivity index (χ4v) is 2.88. The van der Waals surface area contributed by atoms with Crippen molar-refractivity contribution < 1.29 is 19.4 Å². The maximum atomic E-state index is 12.5. The third-order valence-corrected chi connectivity index (χ3v) is 4.41. The van der Waals surface area contributed by atoms with E-state index in [1.54, 1.807) is 36.4 Å². The van der Waals surface area contributed by atoms with Crippen LogP contribution in [0.1, 0.15) is 20.7 Å². The molecule has 156 valence electrons. The minimum absolute atomic E-state index is 0.258. The van der Waals surface area contributed by atoms with Crippen LogP contribution >= 0.6 is 11.6 Å². The van der Waals surface area contributed by atoms with Crippen LogP contribution in [0.2, 0.25) is 5.02 Å².